The minimum Gasteiger partial charge on any atom is -0.367 e. The molecule has 3 rings (SSSR count). The lowest BCUT2D eigenvalue weighted by molar-refractivity contribution is 0.618. The monoisotopic (exact) mass is 304 g/mol. The van der Waals surface area contributed by atoms with Gasteiger partial charge in [-0.2, -0.15) is 0 Å². The molecule has 1 heterocycles. The Hall–Kier alpha value is -1.39. The largest absolute Gasteiger partial charge is 0.367 e. The predicted octanol–water partition coefficient (Wildman–Crippen LogP) is 4.17. The fourth-order valence-electron chi connectivity index (χ4n) is 2.44. The van der Waals surface area contributed by atoms with E-state index in [2.05, 4.69) is 40.7 Å². The fourth-order valence-corrected chi connectivity index (χ4v) is 3.16. The first-order chi connectivity index (χ1) is 10.2. The van der Waals surface area contributed by atoms with E-state index in [1.165, 1.54) is 17.7 Å². The SMILES string of the molecule is CCN(Cc1cccs1)c1cc(F)cc(CNC2CC2)c1. The van der Waals surface area contributed by atoms with E-state index >= 15 is 0 Å². The number of anilines is 1. The van der Waals surface area contributed by atoms with Crippen LogP contribution in [0, 0.1) is 5.82 Å². The zero-order valence-corrected chi connectivity index (χ0v) is 13.1. The molecule has 1 saturated carbocycles. The van der Waals surface area contributed by atoms with Crippen LogP contribution in [0.2, 0.25) is 0 Å². The average Bonchev–Trinajstić information content (AvgIpc) is 3.17. The van der Waals surface area contributed by atoms with Crippen LogP contribution in [0.25, 0.3) is 0 Å². The predicted molar refractivity (Wildman–Crippen MR) is 87.3 cm³/mol. The summed E-state index contributed by atoms with van der Waals surface area (Å²) >= 11 is 1.74. The zero-order chi connectivity index (χ0) is 14.7. The summed E-state index contributed by atoms with van der Waals surface area (Å²) < 4.78 is 13.9. The van der Waals surface area contributed by atoms with Crippen molar-refractivity contribution in [2.24, 2.45) is 0 Å². The maximum Gasteiger partial charge on any atom is 0.125 e. The van der Waals surface area contributed by atoms with Crippen LogP contribution in [-0.4, -0.2) is 12.6 Å². The maximum absolute atomic E-state index is 13.9. The number of benzene rings is 1. The number of thiophene rings is 1. The molecule has 112 valence electrons. The highest BCUT2D eigenvalue weighted by molar-refractivity contribution is 7.09. The van der Waals surface area contributed by atoms with Crippen molar-refractivity contribution in [3.8, 4) is 0 Å². The van der Waals surface area contributed by atoms with E-state index in [0.29, 0.717) is 6.04 Å². The summed E-state index contributed by atoms with van der Waals surface area (Å²) in [6, 6.07) is 10.2. The second-order valence-electron chi connectivity index (χ2n) is 5.57. The quantitative estimate of drug-likeness (QED) is 0.826. The van der Waals surface area contributed by atoms with Gasteiger partial charge in [-0.05, 0) is 55.0 Å². The molecule has 0 unspecified atom stereocenters. The lowest BCUT2D eigenvalue weighted by Gasteiger charge is -2.23. The van der Waals surface area contributed by atoms with Crippen molar-refractivity contribution >= 4 is 17.0 Å². The lowest BCUT2D eigenvalue weighted by Crippen LogP contribution is -2.22. The maximum atomic E-state index is 13.9. The molecule has 0 radical (unpaired) electrons. The van der Waals surface area contributed by atoms with Crippen molar-refractivity contribution in [2.75, 3.05) is 11.4 Å². The Morgan fingerprint density at radius 2 is 2.19 bits per heavy atom. The van der Waals surface area contributed by atoms with Gasteiger partial charge >= 0.3 is 0 Å². The summed E-state index contributed by atoms with van der Waals surface area (Å²) in [6.45, 7) is 4.58. The Morgan fingerprint density at radius 3 is 2.86 bits per heavy atom. The second kappa shape index (κ2) is 6.58. The molecular formula is C17H21FN2S. The highest BCUT2D eigenvalue weighted by Crippen LogP contribution is 2.24. The van der Waals surface area contributed by atoms with Gasteiger partial charge in [0.15, 0.2) is 0 Å². The molecule has 1 aromatic carbocycles. The van der Waals surface area contributed by atoms with Crippen LogP contribution in [-0.2, 0) is 13.1 Å². The molecule has 21 heavy (non-hydrogen) atoms. The molecule has 2 nitrogen and oxygen atoms in total. The third kappa shape index (κ3) is 4.05. The number of halogens is 1. The zero-order valence-electron chi connectivity index (χ0n) is 12.3. The van der Waals surface area contributed by atoms with Crippen LogP contribution in [0.1, 0.15) is 30.2 Å². The highest BCUT2D eigenvalue weighted by Gasteiger charge is 2.20. The van der Waals surface area contributed by atoms with Gasteiger partial charge in [0.05, 0.1) is 6.54 Å². The minimum absolute atomic E-state index is 0.148. The van der Waals surface area contributed by atoms with Crippen molar-refractivity contribution in [1.82, 2.24) is 5.32 Å². The molecule has 1 aromatic heterocycles. The second-order valence-corrected chi connectivity index (χ2v) is 6.60. The minimum atomic E-state index is -0.148. The molecule has 4 heteroatoms. The number of rotatable bonds is 7. The van der Waals surface area contributed by atoms with E-state index < -0.39 is 0 Å². The molecule has 1 fully saturated rings. The van der Waals surface area contributed by atoms with Gasteiger partial charge in [-0.3, -0.25) is 0 Å². The van der Waals surface area contributed by atoms with Gasteiger partial charge in [0.25, 0.3) is 0 Å². The number of hydrogen-bond donors (Lipinski definition) is 1. The van der Waals surface area contributed by atoms with E-state index in [1.807, 2.05) is 0 Å². The van der Waals surface area contributed by atoms with Gasteiger partial charge in [-0.15, -0.1) is 11.3 Å². The lowest BCUT2D eigenvalue weighted by atomic mass is 10.1. The van der Waals surface area contributed by atoms with Gasteiger partial charge < -0.3 is 10.2 Å². The van der Waals surface area contributed by atoms with Crippen LogP contribution >= 0.6 is 11.3 Å². The molecule has 0 spiro atoms. The Bertz CT molecular complexity index is 578. The molecule has 0 aliphatic heterocycles. The van der Waals surface area contributed by atoms with Crippen molar-refractivity contribution in [3.05, 3.63) is 52.0 Å². The van der Waals surface area contributed by atoms with Gasteiger partial charge in [-0.25, -0.2) is 4.39 Å². The number of nitrogens with zero attached hydrogens (tertiary/aromatic N) is 1. The first-order valence-electron chi connectivity index (χ1n) is 7.55. The van der Waals surface area contributed by atoms with Crippen LogP contribution < -0.4 is 10.2 Å². The molecular weight excluding hydrogens is 283 g/mol. The molecule has 1 N–H and O–H groups in total. The Balaban J connectivity index is 1.74. The third-order valence-electron chi connectivity index (χ3n) is 3.79. The molecule has 0 amide bonds. The van der Waals surface area contributed by atoms with Crippen LogP contribution in [0.4, 0.5) is 10.1 Å². The molecule has 1 aliphatic carbocycles. The Morgan fingerprint density at radius 1 is 1.33 bits per heavy atom. The summed E-state index contributed by atoms with van der Waals surface area (Å²) in [4.78, 5) is 3.52. The van der Waals surface area contributed by atoms with E-state index in [0.717, 1.165) is 30.9 Å². The topological polar surface area (TPSA) is 15.3 Å². The molecule has 1 aliphatic rings. The number of nitrogens with one attached hydrogen (secondary N) is 1. The molecule has 0 saturated heterocycles. The van der Waals surface area contributed by atoms with Crippen molar-refractivity contribution < 1.29 is 4.39 Å². The normalized spacial score (nSPS) is 14.4. The summed E-state index contributed by atoms with van der Waals surface area (Å²) in [7, 11) is 0. The molecule has 0 atom stereocenters. The van der Waals surface area contributed by atoms with E-state index in [-0.39, 0.29) is 5.82 Å². The van der Waals surface area contributed by atoms with Crippen molar-refractivity contribution in [2.45, 2.75) is 38.9 Å². The number of hydrogen-bond acceptors (Lipinski definition) is 3. The van der Waals surface area contributed by atoms with Gasteiger partial charge in [0.1, 0.15) is 5.82 Å². The van der Waals surface area contributed by atoms with Gasteiger partial charge in [-0.1, -0.05) is 6.07 Å². The van der Waals surface area contributed by atoms with Crippen LogP contribution in [0.3, 0.4) is 0 Å². The van der Waals surface area contributed by atoms with Crippen molar-refractivity contribution in [3.63, 3.8) is 0 Å². The Kier molecular flexibility index (Phi) is 4.56. The average molecular weight is 304 g/mol. The summed E-state index contributed by atoms with van der Waals surface area (Å²) in [5.74, 6) is -0.148. The Labute approximate surface area is 129 Å². The molecule has 0 bridgehead atoms. The van der Waals surface area contributed by atoms with Gasteiger partial charge in [0.2, 0.25) is 0 Å². The first-order valence-corrected chi connectivity index (χ1v) is 8.42. The first kappa shape index (κ1) is 14.5. The standard InChI is InChI=1S/C17H21FN2S/c1-2-20(12-17-4-3-7-21-17)16-9-13(8-14(18)10-16)11-19-15-5-6-15/h3-4,7-10,15,19H,2,5-6,11-12H2,1H3. The summed E-state index contributed by atoms with van der Waals surface area (Å²) in [5.41, 5.74) is 2.00. The van der Waals surface area contributed by atoms with Crippen LogP contribution in [0.5, 0.6) is 0 Å². The van der Waals surface area contributed by atoms with Gasteiger partial charge in [0, 0.05) is 29.7 Å². The van der Waals surface area contributed by atoms with Crippen molar-refractivity contribution in [1.29, 1.82) is 0 Å². The molecule has 2 aromatic rings. The third-order valence-corrected chi connectivity index (χ3v) is 4.65. The van der Waals surface area contributed by atoms with E-state index in [4.69, 9.17) is 0 Å². The van der Waals surface area contributed by atoms with Crippen LogP contribution in [0.15, 0.2) is 35.7 Å². The van der Waals surface area contributed by atoms with E-state index in [1.54, 1.807) is 23.5 Å². The summed E-state index contributed by atoms with van der Waals surface area (Å²) in [5, 5.41) is 5.53. The fraction of sp³-hybridized carbons (Fsp3) is 0.412. The van der Waals surface area contributed by atoms with E-state index in [9.17, 15) is 4.39 Å². The highest BCUT2D eigenvalue weighted by atomic mass is 32.1. The smallest absolute Gasteiger partial charge is 0.125 e. The summed E-state index contributed by atoms with van der Waals surface area (Å²) in [6.07, 6.45) is 2.50.